The number of ether oxygens (including phenoxy) is 1. The minimum absolute atomic E-state index is 0.117. The molecule has 0 aliphatic heterocycles. The SMILES string of the molecule is CC(C)(C)OC(=O)NCCC(=O)Nc1ncc(Cc2ccc(F)cc2)s1. The van der Waals surface area contributed by atoms with Crippen LogP contribution in [0.4, 0.5) is 14.3 Å². The van der Waals surface area contributed by atoms with E-state index in [9.17, 15) is 14.0 Å². The number of amides is 2. The van der Waals surface area contributed by atoms with Gasteiger partial charge in [-0.15, -0.1) is 11.3 Å². The standard InChI is InChI=1S/C18H22FN3O3S/c1-18(2,3)25-17(24)20-9-8-15(23)22-16-21-11-14(26-16)10-12-4-6-13(19)7-5-12/h4-7,11H,8-10H2,1-3H3,(H,20,24)(H,21,22,23). The Hall–Kier alpha value is -2.48. The summed E-state index contributed by atoms with van der Waals surface area (Å²) in [6.45, 7) is 5.48. The molecule has 0 radical (unpaired) electrons. The molecular formula is C18H22FN3O3S. The third-order valence-corrected chi connectivity index (χ3v) is 4.02. The first kappa shape index (κ1) is 19.8. The second-order valence-corrected chi connectivity index (χ2v) is 7.78. The van der Waals surface area contributed by atoms with Crippen molar-refractivity contribution in [1.82, 2.24) is 10.3 Å². The zero-order valence-electron chi connectivity index (χ0n) is 15.0. The molecule has 26 heavy (non-hydrogen) atoms. The number of hydrogen-bond acceptors (Lipinski definition) is 5. The molecule has 0 fully saturated rings. The molecule has 0 atom stereocenters. The van der Waals surface area contributed by atoms with Crippen molar-refractivity contribution in [3.8, 4) is 0 Å². The van der Waals surface area contributed by atoms with Crippen molar-refractivity contribution >= 4 is 28.5 Å². The Bertz CT molecular complexity index is 754. The Morgan fingerprint density at radius 3 is 2.58 bits per heavy atom. The van der Waals surface area contributed by atoms with Gasteiger partial charge in [0.2, 0.25) is 5.91 Å². The summed E-state index contributed by atoms with van der Waals surface area (Å²) in [6, 6.07) is 6.26. The van der Waals surface area contributed by atoms with Gasteiger partial charge in [-0.05, 0) is 38.5 Å². The Kier molecular flexibility index (Phi) is 6.68. The molecule has 1 aromatic heterocycles. The van der Waals surface area contributed by atoms with Crippen LogP contribution in [0.5, 0.6) is 0 Å². The van der Waals surface area contributed by atoms with Crippen LogP contribution in [0.25, 0.3) is 0 Å². The summed E-state index contributed by atoms with van der Waals surface area (Å²) in [6.07, 6.45) is 1.86. The third-order valence-electron chi connectivity index (χ3n) is 3.11. The van der Waals surface area contributed by atoms with E-state index in [1.807, 2.05) is 0 Å². The van der Waals surface area contributed by atoms with Crippen LogP contribution in [0.3, 0.4) is 0 Å². The van der Waals surface area contributed by atoms with Crippen molar-refractivity contribution < 1.29 is 18.7 Å². The van der Waals surface area contributed by atoms with E-state index in [0.29, 0.717) is 11.6 Å². The van der Waals surface area contributed by atoms with Crippen LogP contribution in [0.2, 0.25) is 0 Å². The maximum absolute atomic E-state index is 12.9. The number of halogens is 1. The van der Waals surface area contributed by atoms with Gasteiger partial charge in [0.15, 0.2) is 5.13 Å². The van der Waals surface area contributed by atoms with E-state index in [1.165, 1.54) is 23.5 Å². The van der Waals surface area contributed by atoms with Gasteiger partial charge in [-0.1, -0.05) is 12.1 Å². The minimum atomic E-state index is -0.575. The molecule has 140 valence electrons. The number of benzene rings is 1. The van der Waals surface area contributed by atoms with Gasteiger partial charge in [0.05, 0.1) is 0 Å². The smallest absolute Gasteiger partial charge is 0.407 e. The number of alkyl carbamates (subject to hydrolysis) is 1. The monoisotopic (exact) mass is 379 g/mol. The number of carbonyl (C=O) groups is 2. The average molecular weight is 379 g/mol. The van der Waals surface area contributed by atoms with E-state index in [-0.39, 0.29) is 24.7 Å². The number of nitrogens with one attached hydrogen (secondary N) is 2. The predicted molar refractivity (Wildman–Crippen MR) is 98.8 cm³/mol. The fourth-order valence-corrected chi connectivity index (χ4v) is 2.89. The van der Waals surface area contributed by atoms with E-state index < -0.39 is 11.7 Å². The second-order valence-electron chi connectivity index (χ2n) is 6.66. The molecule has 6 nitrogen and oxygen atoms in total. The van der Waals surface area contributed by atoms with Crippen molar-refractivity contribution in [2.24, 2.45) is 0 Å². The molecule has 1 heterocycles. The van der Waals surface area contributed by atoms with Gasteiger partial charge < -0.3 is 15.4 Å². The lowest BCUT2D eigenvalue weighted by atomic mass is 10.1. The number of rotatable bonds is 6. The van der Waals surface area contributed by atoms with Gasteiger partial charge in [0.1, 0.15) is 11.4 Å². The van der Waals surface area contributed by atoms with Gasteiger partial charge in [0.25, 0.3) is 0 Å². The fourth-order valence-electron chi connectivity index (χ4n) is 2.02. The summed E-state index contributed by atoms with van der Waals surface area (Å²) in [5.41, 5.74) is 0.392. The predicted octanol–water partition coefficient (Wildman–Crippen LogP) is 3.73. The number of aromatic nitrogens is 1. The highest BCUT2D eigenvalue weighted by Crippen LogP contribution is 2.21. The van der Waals surface area contributed by atoms with Crippen LogP contribution in [0.1, 0.15) is 37.6 Å². The second kappa shape index (κ2) is 8.75. The highest BCUT2D eigenvalue weighted by Gasteiger charge is 2.16. The Morgan fingerprint density at radius 2 is 1.92 bits per heavy atom. The number of nitrogens with zero attached hydrogens (tertiary/aromatic N) is 1. The maximum atomic E-state index is 12.9. The average Bonchev–Trinajstić information content (AvgIpc) is 2.94. The van der Waals surface area contributed by atoms with Gasteiger partial charge in [0, 0.05) is 30.5 Å². The Balaban J connectivity index is 1.75. The number of anilines is 1. The fraction of sp³-hybridized carbons (Fsp3) is 0.389. The van der Waals surface area contributed by atoms with Gasteiger partial charge in [-0.3, -0.25) is 4.79 Å². The summed E-state index contributed by atoms with van der Waals surface area (Å²) in [5.74, 6) is -0.519. The number of carbonyl (C=O) groups excluding carboxylic acids is 2. The molecule has 0 saturated heterocycles. The zero-order valence-corrected chi connectivity index (χ0v) is 15.8. The largest absolute Gasteiger partial charge is 0.444 e. The summed E-state index contributed by atoms with van der Waals surface area (Å²) in [4.78, 5) is 28.5. The van der Waals surface area contributed by atoms with E-state index in [0.717, 1.165) is 10.4 Å². The molecule has 0 aliphatic rings. The first-order valence-electron chi connectivity index (χ1n) is 8.17. The summed E-state index contributed by atoms with van der Waals surface area (Å²) in [7, 11) is 0. The molecule has 2 N–H and O–H groups in total. The lowest BCUT2D eigenvalue weighted by Gasteiger charge is -2.19. The highest BCUT2D eigenvalue weighted by molar-refractivity contribution is 7.15. The molecule has 0 saturated carbocycles. The van der Waals surface area contributed by atoms with Crippen molar-refractivity contribution in [2.45, 2.75) is 39.2 Å². The highest BCUT2D eigenvalue weighted by atomic mass is 32.1. The maximum Gasteiger partial charge on any atom is 0.407 e. The van der Waals surface area contributed by atoms with E-state index in [4.69, 9.17) is 4.74 Å². The van der Waals surface area contributed by atoms with Crippen molar-refractivity contribution in [3.63, 3.8) is 0 Å². The molecule has 0 bridgehead atoms. The van der Waals surface area contributed by atoms with Crippen LogP contribution >= 0.6 is 11.3 Å². The molecule has 2 amide bonds. The van der Waals surface area contributed by atoms with Crippen molar-refractivity contribution in [1.29, 1.82) is 0 Å². The van der Waals surface area contributed by atoms with Crippen molar-refractivity contribution in [2.75, 3.05) is 11.9 Å². The molecule has 2 rings (SSSR count). The first-order valence-corrected chi connectivity index (χ1v) is 8.99. The zero-order chi connectivity index (χ0) is 19.2. The van der Waals surface area contributed by atoms with Crippen LogP contribution in [0.15, 0.2) is 30.5 Å². The molecule has 1 aromatic carbocycles. The van der Waals surface area contributed by atoms with E-state index in [2.05, 4.69) is 15.6 Å². The quantitative estimate of drug-likeness (QED) is 0.801. The van der Waals surface area contributed by atoms with Crippen LogP contribution in [0, 0.1) is 5.82 Å². The van der Waals surface area contributed by atoms with Crippen LogP contribution in [-0.4, -0.2) is 29.1 Å². The van der Waals surface area contributed by atoms with E-state index >= 15 is 0 Å². The molecule has 0 unspecified atom stereocenters. The van der Waals surface area contributed by atoms with Gasteiger partial charge in [-0.2, -0.15) is 0 Å². The third kappa shape index (κ3) is 7.18. The summed E-state index contributed by atoms with van der Waals surface area (Å²) >= 11 is 1.36. The molecule has 0 aliphatic carbocycles. The Labute approximate surface area is 155 Å². The van der Waals surface area contributed by atoms with Crippen LogP contribution in [-0.2, 0) is 16.0 Å². The van der Waals surface area contributed by atoms with E-state index in [1.54, 1.807) is 39.1 Å². The molecular weight excluding hydrogens is 357 g/mol. The number of thiazole rings is 1. The number of hydrogen-bond donors (Lipinski definition) is 2. The summed E-state index contributed by atoms with van der Waals surface area (Å²) < 4.78 is 18.0. The van der Waals surface area contributed by atoms with Gasteiger partial charge >= 0.3 is 6.09 Å². The lowest BCUT2D eigenvalue weighted by molar-refractivity contribution is -0.116. The van der Waals surface area contributed by atoms with Crippen LogP contribution < -0.4 is 10.6 Å². The normalized spacial score (nSPS) is 11.1. The Morgan fingerprint density at radius 1 is 1.23 bits per heavy atom. The molecule has 0 spiro atoms. The first-order chi connectivity index (χ1) is 12.2. The summed E-state index contributed by atoms with van der Waals surface area (Å²) in [5, 5.41) is 5.71. The van der Waals surface area contributed by atoms with Gasteiger partial charge in [-0.25, -0.2) is 14.2 Å². The topological polar surface area (TPSA) is 80.3 Å². The molecule has 2 aromatic rings. The lowest BCUT2D eigenvalue weighted by Crippen LogP contribution is -2.34. The minimum Gasteiger partial charge on any atom is -0.444 e. The molecule has 8 heteroatoms. The van der Waals surface area contributed by atoms with Crippen molar-refractivity contribution in [3.05, 3.63) is 46.7 Å².